The fraction of sp³-hybridized carbons (Fsp3) is 0.133. The van der Waals surface area contributed by atoms with E-state index in [9.17, 15) is 0 Å². The number of aromatic amines is 1. The van der Waals surface area contributed by atoms with Crippen molar-refractivity contribution < 1.29 is 0 Å². The van der Waals surface area contributed by atoms with Crippen LogP contribution in [0.25, 0.3) is 22.0 Å². The van der Waals surface area contributed by atoms with Gasteiger partial charge in [0.25, 0.3) is 0 Å². The molecule has 3 nitrogen and oxygen atoms in total. The predicted octanol–water partition coefficient (Wildman–Crippen LogP) is 3.25. The summed E-state index contributed by atoms with van der Waals surface area (Å²) >= 11 is 1.73. The highest BCUT2D eigenvalue weighted by atomic mass is 32.1. The molecule has 1 aliphatic heterocycles. The highest BCUT2D eigenvalue weighted by Crippen LogP contribution is 2.28. The maximum absolute atomic E-state index is 4.51. The molecule has 1 aromatic carbocycles. The summed E-state index contributed by atoms with van der Waals surface area (Å²) in [4.78, 5) is 7.83. The molecule has 0 saturated heterocycles. The third kappa shape index (κ3) is 1.76. The first kappa shape index (κ1) is 10.8. The van der Waals surface area contributed by atoms with Crippen LogP contribution in [-0.4, -0.2) is 23.9 Å². The number of nitrogens with one attached hydrogen (secondary N) is 2. The van der Waals surface area contributed by atoms with Gasteiger partial charge in [0.05, 0.1) is 6.54 Å². The number of H-pyrrole nitrogens is 1. The molecule has 0 fully saturated rings. The van der Waals surface area contributed by atoms with E-state index in [1.165, 1.54) is 22.1 Å². The second kappa shape index (κ2) is 4.24. The first-order valence-electron chi connectivity index (χ1n) is 6.34. The van der Waals surface area contributed by atoms with Crippen molar-refractivity contribution in [1.82, 2.24) is 10.3 Å². The molecule has 4 rings (SSSR count). The van der Waals surface area contributed by atoms with Crippen LogP contribution in [0, 0.1) is 0 Å². The van der Waals surface area contributed by atoms with Gasteiger partial charge in [0, 0.05) is 29.2 Å². The van der Waals surface area contributed by atoms with Gasteiger partial charge in [0.15, 0.2) is 0 Å². The fourth-order valence-electron chi connectivity index (χ4n) is 2.50. The Balaban J connectivity index is 1.89. The zero-order chi connectivity index (χ0) is 12.7. The molecule has 0 radical (unpaired) electrons. The molecule has 19 heavy (non-hydrogen) atoms. The quantitative estimate of drug-likeness (QED) is 0.735. The highest BCUT2D eigenvalue weighted by Gasteiger charge is 2.13. The molecule has 0 spiro atoms. The smallest absolute Gasteiger partial charge is 0.130 e. The Kier molecular flexibility index (Phi) is 2.42. The molecule has 0 aliphatic carbocycles. The largest absolute Gasteiger partial charge is 0.368 e. The normalized spacial score (nSPS) is 14.6. The first-order valence-corrected chi connectivity index (χ1v) is 7.28. The van der Waals surface area contributed by atoms with Crippen LogP contribution in [0.3, 0.4) is 0 Å². The van der Waals surface area contributed by atoms with Crippen LogP contribution in [-0.2, 0) is 0 Å². The summed E-state index contributed by atoms with van der Waals surface area (Å²) in [6.07, 6.45) is 2.04. The number of aromatic nitrogens is 1. The second-order valence-electron chi connectivity index (χ2n) is 4.63. The summed E-state index contributed by atoms with van der Waals surface area (Å²) in [5.74, 6) is 1.01. The molecule has 1 aliphatic rings. The maximum Gasteiger partial charge on any atom is 0.130 e. The van der Waals surface area contributed by atoms with Crippen molar-refractivity contribution in [3.63, 3.8) is 0 Å². The van der Waals surface area contributed by atoms with Gasteiger partial charge in [0.2, 0.25) is 0 Å². The van der Waals surface area contributed by atoms with E-state index in [1.54, 1.807) is 11.3 Å². The first-order chi connectivity index (χ1) is 9.42. The minimum Gasteiger partial charge on any atom is -0.368 e. The van der Waals surface area contributed by atoms with Crippen molar-refractivity contribution in [3.8, 4) is 11.1 Å². The number of hydrogen-bond donors (Lipinski definition) is 2. The molecule has 0 saturated carbocycles. The van der Waals surface area contributed by atoms with Crippen LogP contribution < -0.4 is 5.32 Å². The van der Waals surface area contributed by atoms with Crippen LogP contribution in [0.1, 0.15) is 5.56 Å². The summed E-state index contributed by atoms with van der Waals surface area (Å²) < 4.78 is 0. The van der Waals surface area contributed by atoms with Crippen molar-refractivity contribution in [2.24, 2.45) is 4.99 Å². The van der Waals surface area contributed by atoms with Gasteiger partial charge in [-0.2, -0.15) is 11.3 Å². The van der Waals surface area contributed by atoms with Crippen molar-refractivity contribution in [2.45, 2.75) is 0 Å². The SMILES string of the molecule is c1cc(-c2ccc3[nH]cc(C4=NCCN4)c3c2)cs1. The Labute approximate surface area is 115 Å². The van der Waals surface area contributed by atoms with Crippen molar-refractivity contribution in [1.29, 1.82) is 0 Å². The highest BCUT2D eigenvalue weighted by molar-refractivity contribution is 7.08. The minimum atomic E-state index is 0.867. The van der Waals surface area contributed by atoms with Gasteiger partial charge in [-0.3, -0.25) is 4.99 Å². The Morgan fingerprint density at radius 3 is 2.95 bits per heavy atom. The lowest BCUT2D eigenvalue weighted by molar-refractivity contribution is 0.960. The van der Waals surface area contributed by atoms with Gasteiger partial charge in [-0.25, -0.2) is 0 Å². The van der Waals surface area contributed by atoms with E-state index >= 15 is 0 Å². The molecule has 2 N–H and O–H groups in total. The number of nitrogens with zero attached hydrogens (tertiary/aromatic N) is 1. The molecular formula is C15H13N3S. The van der Waals surface area contributed by atoms with E-state index < -0.39 is 0 Å². The Morgan fingerprint density at radius 2 is 2.16 bits per heavy atom. The molecule has 94 valence electrons. The summed E-state index contributed by atoms with van der Waals surface area (Å²) in [6.45, 7) is 1.80. The fourth-order valence-corrected chi connectivity index (χ4v) is 3.17. The molecule has 0 unspecified atom stereocenters. The Hall–Kier alpha value is -2.07. The molecule has 0 atom stereocenters. The molecule has 4 heteroatoms. The molecular weight excluding hydrogens is 254 g/mol. The van der Waals surface area contributed by atoms with E-state index in [0.717, 1.165) is 24.4 Å². The number of aliphatic imine (C=N–C) groups is 1. The number of benzene rings is 1. The third-order valence-electron chi connectivity index (χ3n) is 3.47. The molecule has 0 bridgehead atoms. The van der Waals surface area contributed by atoms with Gasteiger partial charge < -0.3 is 10.3 Å². The van der Waals surface area contributed by atoms with Gasteiger partial charge in [-0.1, -0.05) is 6.07 Å². The van der Waals surface area contributed by atoms with E-state index in [2.05, 4.69) is 50.3 Å². The van der Waals surface area contributed by atoms with Gasteiger partial charge in [-0.15, -0.1) is 0 Å². The van der Waals surface area contributed by atoms with Gasteiger partial charge in [-0.05, 0) is 40.1 Å². The number of rotatable bonds is 2. The van der Waals surface area contributed by atoms with Crippen LogP contribution in [0.5, 0.6) is 0 Å². The van der Waals surface area contributed by atoms with Crippen LogP contribution in [0.15, 0.2) is 46.2 Å². The second-order valence-corrected chi connectivity index (χ2v) is 5.41. The van der Waals surface area contributed by atoms with E-state index in [-0.39, 0.29) is 0 Å². The monoisotopic (exact) mass is 267 g/mol. The lowest BCUT2D eigenvalue weighted by atomic mass is 10.0. The van der Waals surface area contributed by atoms with E-state index in [1.807, 2.05) is 6.20 Å². The minimum absolute atomic E-state index is 0.867. The number of hydrogen-bond acceptors (Lipinski definition) is 3. The predicted molar refractivity (Wildman–Crippen MR) is 81.0 cm³/mol. The summed E-state index contributed by atoms with van der Waals surface area (Å²) in [7, 11) is 0. The summed E-state index contributed by atoms with van der Waals surface area (Å²) in [5.41, 5.74) is 4.86. The van der Waals surface area contributed by atoms with Crippen LogP contribution in [0.4, 0.5) is 0 Å². The van der Waals surface area contributed by atoms with Gasteiger partial charge in [0.1, 0.15) is 5.84 Å². The lowest BCUT2D eigenvalue weighted by Crippen LogP contribution is -2.18. The van der Waals surface area contributed by atoms with Crippen LogP contribution in [0.2, 0.25) is 0 Å². The van der Waals surface area contributed by atoms with Crippen molar-refractivity contribution in [2.75, 3.05) is 13.1 Å². The lowest BCUT2D eigenvalue weighted by Gasteiger charge is -2.02. The standard InChI is InChI=1S/C15H13N3S/c1-2-14-12(7-10(1)11-3-6-19-9-11)13(8-18-14)15-16-4-5-17-15/h1-3,6-9,18H,4-5H2,(H,16,17). The van der Waals surface area contributed by atoms with E-state index in [0.29, 0.717) is 0 Å². The van der Waals surface area contributed by atoms with Gasteiger partial charge >= 0.3 is 0 Å². The number of thiophene rings is 1. The molecule has 2 aromatic heterocycles. The molecule has 0 amide bonds. The molecule has 3 aromatic rings. The average molecular weight is 267 g/mol. The Morgan fingerprint density at radius 1 is 1.16 bits per heavy atom. The third-order valence-corrected chi connectivity index (χ3v) is 4.15. The molecule has 3 heterocycles. The van der Waals surface area contributed by atoms with Crippen molar-refractivity contribution >= 4 is 28.1 Å². The summed E-state index contributed by atoms with van der Waals surface area (Å²) in [5, 5.41) is 8.86. The van der Waals surface area contributed by atoms with Crippen LogP contribution >= 0.6 is 11.3 Å². The van der Waals surface area contributed by atoms with E-state index in [4.69, 9.17) is 0 Å². The topological polar surface area (TPSA) is 40.2 Å². The van der Waals surface area contributed by atoms with Crippen molar-refractivity contribution in [3.05, 3.63) is 46.8 Å². The average Bonchev–Trinajstić information content (AvgIpc) is 3.18. The number of fused-ring (bicyclic) bond motifs is 1. The maximum atomic E-state index is 4.51. The zero-order valence-corrected chi connectivity index (χ0v) is 11.1. The Bertz CT molecular complexity index is 753. The number of amidine groups is 1. The summed E-state index contributed by atoms with van der Waals surface area (Å²) in [6, 6.07) is 8.70. The zero-order valence-electron chi connectivity index (χ0n) is 10.3.